The van der Waals surface area contributed by atoms with Gasteiger partial charge in [0.15, 0.2) is 0 Å². The third kappa shape index (κ3) is 3.21. The highest BCUT2D eigenvalue weighted by molar-refractivity contribution is 9.10. The predicted octanol–water partition coefficient (Wildman–Crippen LogP) is 1.52. The van der Waals surface area contributed by atoms with Gasteiger partial charge in [-0.1, -0.05) is 0 Å². The maximum atomic E-state index is 12.0. The quantitative estimate of drug-likeness (QED) is 0.736. The Labute approximate surface area is 101 Å². The number of ether oxygens (including phenoxy) is 1. The fraction of sp³-hybridized carbons (Fsp3) is 0.500. The zero-order valence-electron chi connectivity index (χ0n) is 8.53. The van der Waals surface area contributed by atoms with Crippen LogP contribution in [-0.2, 0) is 9.57 Å². The molecule has 2 atom stereocenters. The molecule has 0 radical (unpaired) electrons. The van der Waals surface area contributed by atoms with E-state index >= 15 is 0 Å². The Kier molecular flexibility index (Phi) is 4.22. The molecule has 4 nitrogen and oxygen atoms in total. The third-order valence-corrected chi connectivity index (χ3v) is 2.88. The van der Waals surface area contributed by atoms with Crippen molar-refractivity contribution >= 4 is 15.9 Å². The Hall–Kier alpha value is -0.560. The van der Waals surface area contributed by atoms with E-state index < -0.39 is 0 Å². The molecule has 1 aromatic rings. The fourth-order valence-corrected chi connectivity index (χ4v) is 1.75. The van der Waals surface area contributed by atoms with Crippen molar-refractivity contribution in [1.82, 2.24) is 10.5 Å². The highest BCUT2D eigenvalue weighted by Gasteiger charge is 2.33. The van der Waals surface area contributed by atoms with Crippen LogP contribution in [0.3, 0.4) is 0 Å². The second-order valence-electron chi connectivity index (χ2n) is 3.60. The van der Waals surface area contributed by atoms with Crippen molar-refractivity contribution < 1.29 is 14.0 Å². The zero-order chi connectivity index (χ0) is 11.4. The molecule has 0 aromatic carbocycles. The van der Waals surface area contributed by atoms with Crippen LogP contribution in [0.1, 0.15) is 0 Å². The minimum Gasteiger partial charge on any atom is -0.378 e. The van der Waals surface area contributed by atoms with Crippen molar-refractivity contribution in [3.05, 3.63) is 28.7 Å². The van der Waals surface area contributed by atoms with Gasteiger partial charge in [-0.3, -0.25) is 4.84 Å². The molecule has 2 fully saturated rings. The SMILES string of the molecule is C1NO[C@@H]2COC[C@H]12.Fc1ccc(Br)nc1. The number of nitrogens with zero attached hydrogens (tertiary/aromatic N) is 1. The molecular weight excluding hydrogens is 279 g/mol. The molecule has 0 unspecified atom stereocenters. The van der Waals surface area contributed by atoms with Crippen LogP contribution in [0.15, 0.2) is 22.9 Å². The van der Waals surface area contributed by atoms with Gasteiger partial charge in [-0.25, -0.2) is 14.9 Å². The number of halogens is 2. The summed E-state index contributed by atoms with van der Waals surface area (Å²) in [6.07, 6.45) is 1.50. The van der Waals surface area contributed by atoms with E-state index in [4.69, 9.17) is 9.57 Å². The molecule has 1 N–H and O–H groups in total. The summed E-state index contributed by atoms with van der Waals surface area (Å²) in [5.41, 5.74) is 2.84. The Balaban J connectivity index is 0.000000120. The highest BCUT2D eigenvalue weighted by atomic mass is 79.9. The van der Waals surface area contributed by atoms with Gasteiger partial charge in [0.1, 0.15) is 16.5 Å². The molecule has 0 spiro atoms. The summed E-state index contributed by atoms with van der Waals surface area (Å²) >= 11 is 3.07. The molecule has 3 rings (SSSR count). The normalized spacial score (nSPS) is 27.1. The summed E-state index contributed by atoms with van der Waals surface area (Å²) in [6, 6.07) is 2.90. The summed E-state index contributed by atoms with van der Waals surface area (Å²) in [6.45, 7) is 2.61. The molecule has 88 valence electrons. The molecule has 2 aliphatic rings. The number of fused-ring (bicyclic) bond motifs is 1. The van der Waals surface area contributed by atoms with Crippen LogP contribution in [0.4, 0.5) is 4.39 Å². The lowest BCUT2D eigenvalue weighted by atomic mass is 10.1. The van der Waals surface area contributed by atoms with E-state index in [0.29, 0.717) is 16.6 Å². The van der Waals surface area contributed by atoms with Crippen molar-refractivity contribution in [3.8, 4) is 0 Å². The first-order valence-corrected chi connectivity index (χ1v) is 5.78. The van der Waals surface area contributed by atoms with Gasteiger partial charge in [0, 0.05) is 12.5 Å². The van der Waals surface area contributed by atoms with Gasteiger partial charge in [-0.05, 0) is 28.1 Å². The van der Waals surface area contributed by atoms with E-state index in [1.807, 2.05) is 0 Å². The number of pyridine rings is 1. The summed E-state index contributed by atoms with van der Waals surface area (Å²) in [4.78, 5) is 8.72. The minimum absolute atomic E-state index is 0.312. The highest BCUT2D eigenvalue weighted by Crippen LogP contribution is 2.19. The maximum Gasteiger partial charge on any atom is 0.141 e. The summed E-state index contributed by atoms with van der Waals surface area (Å²) in [5.74, 6) is 0.309. The molecule has 6 heteroatoms. The summed E-state index contributed by atoms with van der Waals surface area (Å²) in [7, 11) is 0. The topological polar surface area (TPSA) is 43.4 Å². The Morgan fingerprint density at radius 2 is 2.31 bits per heavy atom. The average Bonchev–Trinajstić information content (AvgIpc) is 2.85. The van der Waals surface area contributed by atoms with Crippen LogP contribution in [0.25, 0.3) is 0 Å². The predicted molar refractivity (Wildman–Crippen MR) is 59.1 cm³/mol. The third-order valence-electron chi connectivity index (χ3n) is 2.41. The summed E-state index contributed by atoms with van der Waals surface area (Å²) < 4.78 is 17.8. The van der Waals surface area contributed by atoms with Gasteiger partial charge >= 0.3 is 0 Å². The van der Waals surface area contributed by atoms with Crippen LogP contribution in [0, 0.1) is 11.7 Å². The molecule has 1 aromatic heterocycles. The first kappa shape index (κ1) is 11.9. The maximum absolute atomic E-state index is 12.0. The minimum atomic E-state index is -0.312. The van der Waals surface area contributed by atoms with Gasteiger partial charge in [0.25, 0.3) is 0 Å². The number of rotatable bonds is 0. The van der Waals surface area contributed by atoms with E-state index in [2.05, 4.69) is 26.4 Å². The molecular formula is C10H12BrFN2O2. The second-order valence-corrected chi connectivity index (χ2v) is 4.41. The molecule has 0 bridgehead atoms. The Morgan fingerprint density at radius 1 is 1.44 bits per heavy atom. The van der Waals surface area contributed by atoms with Crippen molar-refractivity contribution in [2.75, 3.05) is 19.8 Å². The zero-order valence-corrected chi connectivity index (χ0v) is 10.1. The van der Waals surface area contributed by atoms with Crippen molar-refractivity contribution in [3.63, 3.8) is 0 Å². The van der Waals surface area contributed by atoms with Gasteiger partial charge in [-0.2, -0.15) is 0 Å². The van der Waals surface area contributed by atoms with Crippen LogP contribution in [0.2, 0.25) is 0 Å². The number of hydrogen-bond acceptors (Lipinski definition) is 4. The number of hydroxylamine groups is 1. The second kappa shape index (κ2) is 5.67. The largest absolute Gasteiger partial charge is 0.378 e. The smallest absolute Gasteiger partial charge is 0.141 e. The molecule has 0 aliphatic carbocycles. The molecule has 2 aliphatic heterocycles. The molecule has 16 heavy (non-hydrogen) atoms. The molecule has 0 saturated carbocycles. The lowest BCUT2D eigenvalue weighted by Gasteiger charge is -1.98. The summed E-state index contributed by atoms with van der Waals surface area (Å²) in [5, 5.41) is 0. The molecule has 0 amide bonds. The Morgan fingerprint density at radius 3 is 2.94 bits per heavy atom. The van der Waals surface area contributed by atoms with Crippen LogP contribution in [-0.4, -0.2) is 30.8 Å². The fourth-order valence-electron chi connectivity index (χ4n) is 1.52. The van der Waals surface area contributed by atoms with Gasteiger partial charge < -0.3 is 4.74 Å². The van der Waals surface area contributed by atoms with Crippen LogP contribution in [0.5, 0.6) is 0 Å². The molecule has 3 heterocycles. The van der Waals surface area contributed by atoms with Gasteiger partial charge in [-0.15, -0.1) is 0 Å². The molecule has 2 saturated heterocycles. The van der Waals surface area contributed by atoms with Crippen molar-refractivity contribution in [2.24, 2.45) is 5.92 Å². The average molecular weight is 291 g/mol. The van der Waals surface area contributed by atoms with E-state index in [9.17, 15) is 4.39 Å². The van der Waals surface area contributed by atoms with E-state index in [-0.39, 0.29) is 5.82 Å². The number of aromatic nitrogens is 1. The standard InChI is InChI=1S/C5H3BrFN.C5H9NO2/c6-5-2-1-4(7)3-8-5;1-4-2-7-3-5(4)8-6-1/h1-3H;4-6H,1-3H2/t;4-,5+/m.0/s1. The van der Waals surface area contributed by atoms with Crippen molar-refractivity contribution in [1.29, 1.82) is 0 Å². The van der Waals surface area contributed by atoms with Crippen LogP contribution >= 0.6 is 15.9 Å². The first-order valence-electron chi connectivity index (χ1n) is 4.99. The monoisotopic (exact) mass is 290 g/mol. The Bertz CT molecular complexity index is 295. The van der Waals surface area contributed by atoms with E-state index in [1.54, 1.807) is 6.07 Å². The first-order chi connectivity index (χ1) is 7.75. The van der Waals surface area contributed by atoms with Gasteiger partial charge in [0.05, 0.1) is 19.4 Å². The number of hydrogen-bond donors (Lipinski definition) is 1. The van der Waals surface area contributed by atoms with E-state index in [0.717, 1.165) is 26.0 Å². The lowest BCUT2D eigenvalue weighted by Crippen LogP contribution is -2.13. The van der Waals surface area contributed by atoms with Gasteiger partial charge in [0.2, 0.25) is 0 Å². The van der Waals surface area contributed by atoms with Crippen molar-refractivity contribution in [2.45, 2.75) is 6.10 Å². The van der Waals surface area contributed by atoms with E-state index in [1.165, 1.54) is 6.07 Å². The lowest BCUT2D eigenvalue weighted by molar-refractivity contribution is 0.0109. The number of nitrogens with one attached hydrogen (secondary N) is 1. The van der Waals surface area contributed by atoms with Crippen LogP contribution < -0.4 is 5.48 Å².